The number of rotatable bonds is 1. The van der Waals surface area contributed by atoms with Gasteiger partial charge in [-0.1, -0.05) is 55.0 Å². The van der Waals surface area contributed by atoms with Crippen LogP contribution in [0.5, 0.6) is 0 Å². The minimum absolute atomic E-state index is 0.187. The van der Waals surface area contributed by atoms with Gasteiger partial charge >= 0.3 is 0 Å². The Morgan fingerprint density at radius 3 is 2.35 bits per heavy atom. The average Bonchev–Trinajstić information content (AvgIpc) is 3.26. The topological polar surface area (TPSA) is 17.1 Å². The SMILES string of the molecule is CC1=CC1.CCC1=Cc2cccc3cccc(c23)C1=O. The van der Waals surface area contributed by atoms with Gasteiger partial charge in [0, 0.05) is 16.5 Å². The Kier molecular flexibility index (Phi) is 3.27. The molecule has 0 spiro atoms. The van der Waals surface area contributed by atoms with E-state index in [9.17, 15) is 4.79 Å². The van der Waals surface area contributed by atoms with Gasteiger partial charge in [0.15, 0.2) is 5.78 Å². The number of carbonyl (C=O) groups is 1. The zero-order chi connectivity index (χ0) is 14.1. The molecule has 0 unspecified atom stereocenters. The lowest BCUT2D eigenvalue weighted by atomic mass is 9.87. The van der Waals surface area contributed by atoms with Gasteiger partial charge in [-0.25, -0.2) is 0 Å². The highest BCUT2D eigenvalue weighted by molar-refractivity contribution is 6.22. The second-order valence-corrected chi connectivity index (χ2v) is 5.36. The summed E-state index contributed by atoms with van der Waals surface area (Å²) in [4.78, 5) is 12.2. The molecule has 0 N–H and O–H groups in total. The molecule has 2 aliphatic carbocycles. The van der Waals surface area contributed by atoms with Crippen LogP contribution >= 0.6 is 0 Å². The lowest BCUT2D eigenvalue weighted by Crippen LogP contribution is -2.08. The smallest absolute Gasteiger partial charge is 0.189 e. The van der Waals surface area contributed by atoms with E-state index in [2.05, 4.69) is 31.2 Å². The second kappa shape index (κ2) is 5.09. The summed E-state index contributed by atoms with van der Waals surface area (Å²) in [6.07, 6.45) is 6.31. The van der Waals surface area contributed by atoms with E-state index in [1.54, 1.807) is 5.57 Å². The van der Waals surface area contributed by atoms with Gasteiger partial charge in [0.05, 0.1) is 0 Å². The highest BCUT2D eigenvalue weighted by Crippen LogP contribution is 2.31. The Morgan fingerprint density at radius 1 is 1.10 bits per heavy atom. The number of carbonyl (C=O) groups excluding carboxylic acids is 1. The van der Waals surface area contributed by atoms with Crippen LogP contribution in [-0.2, 0) is 0 Å². The maximum Gasteiger partial charge on any atom is 0.189 e. The number of benzene rings is 2. The average molecular weight is 262 g/mol. The van der Waals surface area contributed by atoms with Crippen molar-refractivity contribution in [2.75, 3.05) is 0 Å². The number of hydrogen-bond donors (Lipinski definition) is 0. The first-order chi connectivity index (χ1) is 9.70. The summed E-state index contributed by atoms with van der Waals surface area (Å²) >= 11 is 0. The fourth-order valence-corrected chi connectivity index (χ4v) is 2.47. The monoisotopic (exact) mass is 262 g/mol. The van der Waals surface area contributed by atoms with Crippen LogP contribution in [0.15, 0.2) is 53.6 Å². The Balaban J connectivity index is 0.000000261. The van der Waals surface area contributed by atoms with Crippen LogP contribution in [0.2, 0.25) is 0 Å². The summed E-state index contributed by atoms with van der Waals surface area (Å²) in [5.41, 5.74) is 4.48. The van der Waals surface area contributed by atoms with Crippen LogP contribution in [-0.4, -0.2) is 5.78 Å². The van der Waals surface area contributed by atoms with Gasteiger partial charge in [-0.2, -0.15) is 0 Å². The van der Waals surface area contributed by atoms with Gasteiger partial charge in [0.25, 0.3) is 0 Å². The van der Waals surface area contributed by atoms with Gasteiger partial charge < -0.3 is 0 Å². The molecular formula is C19H18O. The molecular weight excluding hydrogens is 244 g/mol. The van der Waals surface area contributed by atoms with E-state index in [1.165, 1.54) is 12.0 Å². The molecule has 0 amide bonds. The highest BCUT2D eigenvalue weighted by atomic mass is 16.1. The quantitative estimate of drug-likeness (QED) is 0.648. The third kappa shape index (κ3) is 2.32. The predicted octanol–water partition coefficient (Wildman–Crippen LogP) is 5.17. The first-order valence-electron chi connectivity index (χ1n) is 7.13. The Labute approximate surface area is 119 Å². The molecule has 2 aromatic rings. The Hall–Kier alpha value is -2.15. The van der Waals surface area contributed by atoms with Crippen LogP contribution in [0.1, 0.15) is 42.6 Å². The summed E-state index contributed by atoms with van der Waals surface area (Å²) in [7, 11) is 0. The summed E-state index contributed by atoms with van der Waals surface area (Å²) in [5, 5.41) is 2.25. The first-order valence-corrected chi connectivity index (χ1v) is 7.13. The molecule has 2 aromatic carbocycles. The molecule has 1 heteroatoms. The molecule has 0 bridgehead atoms. The van der Waals surface area contributed by atoms with Crippen molar-refractivity contribution in [2.45, 2.75) is 26.7 Å². The summed E-state index contributed by atoms with van der Waals surface area (Å²) in [6.45, 7) is 4.16. The van der Waals surface area contributed by atoms with E-state index in [-0.39, 0.29) is 5.78 Å². The van der Waals surface area contributed by atoms with Gasteiger partial charge in [-0.15, -0.1) is 0 Å². The second-order valence-electron chi connectivity index (χ2n) is 5.36. The molecule has 0 heterocycles. The van der Waals surface area contributed by atoms with Crippen LogP contribution in [0.25, 0.3) is 16.8 Å². The molecule has 2 aliphatic rings. The van der Waals surface area contributed by atoms with Crippen molar-refractivity contribution in [3.8, 4) is 0 Å². The molecule has 0 fully saturated rings. The van der Waals surface area contributed by atoms with Crippen molar-refractivity contribution in [1.82, 2.24) is 0 Å². The molecule has 1 nitrogen and oxygen atoms in total. The van der Waals surface area contributed by atoms with E-state index < -0.39 is 0 Å². The number of allylic oxidation sites excluding steroid dienone is 3. The zero-order valence-electron chi connectivity index (χ0n) is 11.9. The van der Waals surface area contributed by atoms with Crippen LogP contribution in [0.4, 0.5) is 0 Å². The summed E-state index contributed by atoms with van der Waals surface area (Å²) in [5.74, 6) is 0.187. The van der Waals surface area contributed by atoms with Crippen molar-refractivity contribution >= 4 is 22.6 Å². The van der Waals surface area contributed by atoms with Crippen LogP contribution in [0, 0.1) is 0 Å². The maximum atomic E-state index is 12.2. The maximum absolute atomic E-state index is 12.2. The fourth-order valence-electron chi connectivity index (χ4n) is 2.47. The van der Waals surface area contributed by atoms with Gasteiger partial charge in [0.1, 0.15) is 0 Å². The Bertz CT molecular complexity index is 742. The molecule has 4 rings (SSSR count). The van der Waals surface area contributed by atoms with Crippen LogP contribution in [0.3, 0.4) is 0 Å². The fraction of sp³-hybridized carbons (Fsp3) is 0.211. The van der Waals surface area contributed by atoms with Gasteiger partial charge in [-0.3, -0.25) is 4.79 Å². The first kappa shape index (κ1) is 12.9. The minimum atomic E-state index is 0.187. The van der Waals surface area contributed by atoms with Crippen LogP contribution < -0.4 is 0 Å². The van der Waals surface area contributed by atoms with E-state index in [0.29, 0.717) is 0 Å². The van der Waals surface area contributed by atoms with E-state index in [4.69, 9.17) is 0 Å². The highest BCUT2D eigenvalue weighted by Gasteiger charge is 2.19. The van der Waals surface area contributed by atoms with E-state index >= 15 is 0 Å². The Morgan fingerprint density at radius 2 is 1.75 bits per heavy atom. The molecule has 0 saturated heterocycles. The molecule has 100 valence electrons. The van der Waals surface area contributed by atoms with Crippen molar-refractivity contribution in [1.29, 1.82) is 0 Å². The minimum Gasteiger partial charge on any atom is -0.289 e. The molecule has 20 heavy (non-hydrogen) atoms. The van der Waals surface area contributed by atoms with E-state index in [0.717, 1.165) is 28.3 Å². The lowest BCUT2D eigenvalue weighted by Gasteiger charge is -2.15. The van der Waals surface area contributed by atoms with Crippen molar-refractivity contribution in [3.05, 3.63) is 64.7 Å². The molecule has 0 atom stereocenters. The number of Topliss-reactive ketones (excluding diaryl/α,β-unsaturated/α-hetero) is 1. The van der Waals surface area contributed by atoms with Crippen molar-refractivity contribution in [2.24, 2.45) is 0 Å². The standard InChI is InChI=1S/C15H12O.C4H6/c1-2-10-9-12-7-3-5-11-6-4-8-13(14(11)12)15(10)16;1-4-2-3-4/h3-9H,2H2,1H3;2H,3H2,1H3. The number of ketones is 1. The lowest BCUT2D eigenvalue weighted by molar-refractivity contribution is 0.103. The zero-order valence-corrected chi connectivity index (χ0v) is 11.9. The molecule has 0 aromatic heterocycles. The summed E-state index contributed by atoms with van der Waals surface area (Å²) < 4.78 is 0. The predicted molar refractivity (Wildman–Crippen MR) is 84.9 cm³/mol. The van der Waals surface area contributed by atoms with Gasteiger partial charge in [0.2, 0.25) is 0 Å². The van der Waals surface area contributed by atoms with Crippen molar-refractivity contribution in [3.63, 3.8) is 0 Å². The van der Waals surface area contributed by atoms with Crippen molar-refractivity contribution < 1.29 is 4.79 Å². The van der Waals surface area contributed by atoms with Gasteiger partial charge in [-0.05, 0) is 36.8 Å². The molecule has 0 radical (unpaired) electrons. The molecule has 0 saturated carbocycles. The summed E-state index contributed by atoms with van der Waals surface area (Å²) in [6, 6.07) is 12.1. The largest absolute Gasteiger partial charge is 0.289 e. The number of hydrogen-bond acceptors (Lipinski definition) is 1. The normalized spacial score (nSPS) is 15.2. The third-order valence-corrected chi connectivity index (χ3v) is 3.80. The third-order valence-electron chi connectivity index (χ3n) is 3.80. The van der Waals surface area contributed by atoms with E-state index in [1.807, 2.05) is 31.2 Å². The molecule has 0 aliphatic heterocycles.